The molecular weight excluding hydrogens is 234 g/mol. The van der Waals surface area contributed by atoms with Crippen LogP contribution in [-0.4, -0.2) is 28.2 Å². The standard InChI is InChI=1S/C7H7N5O3S/c8-16(13,14)15-6-1-2-7(10-3-6)12-5-9-4-11-12/h1-5H,(H2,8,13,14). The second-order valence-electron chi connectivity index (χ2n) is 2.77. The number of nitrogens with zero attached hydrogens (tertiary/aromatic N) is 4. The quantitative estimate of drug-likeness (QED) is 0.756. The normalized spacial score (nSPS) is 11.3. The molecule has 2 N–H and O–H groups in total. The van der Waals surface area contributed by atoms with Crippen molar-refractivity contribution in [2.45, 2.75) is 0 Å². The van der Waals surface area contributed by atoms with Gasteiger partial charge in [0.2, 0.25) is 0 Å². The first-order valence-electron chi connectivity index (χ1n) is 4.08. The molecule has 0 unspecified atom stereocenters. The lowest BCUT2D eigenvalue weighted by atomic mass is 10.4. The van der Waals surface area contributed by atoms with E-state index >= 15 is 0 Å². The van der Waals surface area contributed by atoms with E-state index in [0.717, 1.165) is 0 Å². The van der Waals surface area contributed by atoms with Crippen LogP contribution in [0, 0.1) is 0 Å². The average Bonchev–Trinajstić information content (AvgIpc) is 2.69. The van der Waals surface area contributed by atoms with Crippen molar-refractivity contribution in [1.29, 1.82) is 0 Å². The molecule has 0 aliphatic rings. The second-order valence-corrected chi connectivity index (χ2v) is 3.92. The lowest BCUT2D eigenvalue weighted by molar-refractivity contribution is 0.486. The summed E-state index contributed by atoms with van der Waals surface area (Å²) in [5.74, 6) is 0.519. The highest BCUT2D eigenvalue weighted by Crippen LogP contribution is 2.11. The minimum atomic E-state index is -4.02. The molecule has 0 bridgehead atoms. The van der Waals surface area contributed by atoms with Crippen molar-refractivity contribution in [3.63, 3.8) is 0 Å². The number of rotatable bonds is 3. The first kappa shape index (κ1) is 10.5. The molecule has 2 rings (SSSR count). The van der Waals surface area contributed by atoms with Crippen LogP contribution in [0.5, 0.6) is 5.75 Å². The molecule has 0 fully saturated rings. The number of hydrogen-bond acceptors (Lipinski definition) is 6. The van der Waals surface area contributed by atoms with Gasteiger partial charge in [0.15, 0.2) is 11.6 Å². The van der Waals surface area contributed by atoms with Crippen LogP contribution in [0.4, 0.5) is 0 Å². The molecule has 0 spiro atoms. The summed E-state index contributed by atoms with van der Waals surface area (Å²) in [6, 6.07) is 2.93. The first-order valence-corrected chi connectivity index (χ1v) is 5.55. The molecule has 84 valence electrons. The Morgan fingerprint density at radius 1 is 1.38 bits per heavy atom. The molecule has 16 heavy (non-hydrogen) atoms. The molecule has 2 aromatic rings. The molecule has 8 nitrogen and oxygen atoms in total. The highest BCUT2D eigenvalue weighted by molar-refractivity contribution is 7.84. The van der Waals surface area contributed by atoms with Crippen molar-refractivity contribution in [2.24, 2.45) is 5.14 Å². The van der Waals surface area contributed by atoms with E-state index in [4.69, 9.17) is 5.14 Å². The summed E-state index contributed by atoms with van der Waals surface area (Å²) < 4.78 is 27.1. The highest BCUT2D eigenvalue weighted by Gasteiger charge is 2.05. The minimum Gasteiger partial charge on any atom is -0.369 e. The molecule has 9 heteroatoms. The molecule has 0 aliphatic carbocycles. The molecular formula is C7H7N5O3S. The lowest BCUT2D eigenvalue weighted by Gasteiger charge is -2.02. The third-order valence-corrected chi connectivity index (χ3v) is 2.01. The van der Waals surface area contributed by atoms with Crippen LogP contribution in [0.2, 0.25) is 0 Å². The number of pyridine rings is 1. The Hall–Kier alpha value is -2.00. The maximum absolute atomic E-state index is 10.6. The van der Waals surface area contributed by atoms with Crippen LogP contribution < -0.4 is 9.32 Å². The zero-order valence-corrected chi connectivity index (χ0v) is 8.70. The van der Waals surface area contributed by atoms with Gasteiger partial charge in [-0.1, -0.05) is 0 Å². The van der Waals surface area contributed by atoms with E-state index in [0.29, 0.717) is 5.82 Å². The predicted octanol–water partition coefficient (Wildman–Crippen LogP) is -0.755. The van der Waals surface area contributed by atoms with E-state index in [2.05, 4.69) is 19.2 Å². The monoisotopic (exact) mass is 241 g/mol. The fourth-order valence-corrected chi connectivity index (χ4v) is 1.38. The predicted molar refractivity (Wildman–Crippen MR) is 52.9 cm³/mol. The third-order valence-electron chi connectivity index (χ3n) is 1.59. The Labute approximate surface area is 91.0 Å². The Kier molecular flexibility index (Phi) is 2.54. The Morgan fingerprint density at radius 3 is 2.69 bits per heavy atom. The fourth-order valence-electron chi connectivity index (χ4n) is 1.02. The van der Waals surface area contributed by atoms with E-state index in [1.54, 1.807) is 0 Å². The Balaban J connectivity index is 2.24. The van der Waals surface area contributed by atoms with Gasteiger partial charge in [0, 0.05) is 0 Å². The average molecular weight is 241 g/mol. The van der Waals surface area contributed by atoms with Crippen LogP contribution >= 0.6 is 0 Å². The van der Waals surface area contributed by atoms with Gasteiger partial charge < -0.3 is 4.18 Å². The van der Waals surface area contributed by atoms with Crippen molar-refractivity contribution in [1.82, 2.24) is 19.7 Å². The van der Waals surface area contributed by atoms with E-state index in [-0.39, 0.29) is 5.75 Å². The molecule has 2 heterocycles. The number of nitrogens with two attached hydrogens (primary N) is 1. The summed E-state index contributed by atoms with van der Waals surface area (Å²) >= 11 is 0. The molecule has 0 saturated heterocycles. The SMILES string of the molecule is NS(=O)(=O)Oc1ccc(-n2cncn2)nc1. The van der Waals surface area contributed by atoms with Crippen LogP contribution in [0.15, 0.2) is 31.0 Å². The van der Waals surface area contributed by atoms with Gasteiger partial charge in [-0.25, -0.2) is 14.6 Å². The molecule has 0 aromatic carbocycles. The van der Waals surface area contributed by atoms with Gasteiger partial charge in [-0.05, 0) is 12.1 Å². The largest absolute Gasteiger partial charge is 0.380 e. The van der Waals surface area contributed by atoms with Gasteiger partial charge in [-0.3, -0.25) is 0 Å². The number of aromatic nitrogens is 4. The van der Waals surface area contributed by atoms with Gasteiger partial charge in [-0.15, -0.1) is 0 Å². The van der Waals surface area contributed by atoms with Crippen molar-refractivity contribution < 1.29 is 12.6 Å². The van der Waals surface area contributed by atoms with Crippen LogP contribution in [0.3, 0.4) is 0 Å². The second kappa shape index (κ2) is 3.87. The zero-order valence-electron chi connectivity index (χ0n) is 7.89. The first-order chi connectivity index (χ1) is 7.54. The molecule has 0 radical (unpaired) electrons. The summed E-state index contributed by atoms with van der Waals surface area (Å²) in [4.78, 5) is 7.67. The molecule has 2 aromatic heterocycles. The maximum atomic E-state index is 10.6. The number of hydrogen-bond donors (Lipinski definition) is 1. The van der Waals surface area contributed by atoms with Gasteiger partial charge in [-0.2, -0.15) is 18.7 Å². The van der Waals surface area contributed by atoms with Gasteiger partial charge in [0.05, 0.1) is 6.20 Å². The topological polar surface area (TPSA) is 113 Å². The van der Waals surface area contributed by atoms with Crippen LogP contribution in [0.25, 0.3) is 5.82 Å². The maximum Gasteiger partial charge on any atom is 0.380 e. The Bertz CT molecular complexity index is 563. The van der Waals surface area contributed by atoms with Crippen molar-refractivity contribution in [3.8, 4) is 11.6 Å². The zero-order chi connectivity index (χ0) is 11.6. The van der Waals surface area contributed by atoms with E-state index in [9.17, 15) is 8.42 Å². The highest BCUT2D eigenvalue weighted by atomic mass is 32.2. The van der Waals surface area contributed by atoms with Crippen LogP contribution in [-0.2, 0) is 10.3 Å². The molecule has 0 amide bonds. The van der Waals surface area contributed by atoms with E-state index in [1.165, 1.54) is 35.7 Å². The molecule has 0 saturated carbocycles. The summed E-state index contributed by atoms with van der Waals surface area (Å²) in [6.07, 6.45) is 4.04. The molecule has 0 aliphatic heterocycles. The van der Waals surface area contributed by atoms with Gasteiger partial charge in [0.25, 0.3) is 0 Å². The minimum absolute atomic E-state index is 0.0337. The summed E-state index contributed by atoms with van der Waals surface area (Å²) in [5, 5.41) is 8.54. The van der Waals surface area contributed by atoms with Gasteiger partial charge in [0.1, 0.15) is 12.7 Å². The summed E-state index contributed by atoms with van der Waals surface area (Å²) in [7, 11) is -4.02. The van der Waals surface area contributed by atoms with E-state index < -0.39 is 10.3 Å². The van der Waals surface area contributed by atoms with E-state index in [1.807, 2.05) is 0 Å². The van der Waals surface area contributed by atoms with Gasteiger partial charge >= 0.3 is 10.3 Å². The van der Waals surface area contributed by atoms with Crippen molar-refractivity contribution in [2.75, 3.05) is 0 Å². The van der Waals surface area contributed by atoms with Crippen molar-refractivity contribution >= 4 is 10.3 Å². The van der Waals surface area contributed by atoms with Crippen molar-refractivity contribution in [3.05, 3.63) is 31.0 Å². The smallest absolute Gasteiger partial charge is 0.369 e. The fraction of sp³-hybridized carbons (Fsp3) is 0. The summed E-state index contributed by atoms with van der Waals surface area (Å²) in [5.41, 5.74) is 0. The summed E-state index contributed by atoms with van der Waals surface area (Å²) in [6.45, 7) is 0. The third kappa shape index (κ3) is 2.52. The van der Waals surface area contributed by atoms with Crippen LogP contribution in [0.1, 0.15) is 0 Å². The molecule has 0 atom stereocenters. The lowest BCUT2D eigenvalue weighted by Crippen LogP contribution is -2.19. The Morgan fingerprint density at radius 2 is 2.19 bits per heavy atom.